The Balaban J connectivity index is 2.24. The van der Waals surface area contributed by atoms with Crippen LogP contribution in [0.1, 0.15) is 11.6 Å². The molecule has 1 atom stereocenters. The van der Waals surface area contributed by atoms with E-state index in [0.717, 1.165) is 30.7 Å². The van der Waals surface area contributed by atoms with Gasteiger partial charge in [0.15, 0.2) is 0 Å². The first-order chi connectivity index (χ1) is 8.22. The molecule has 0 amide bonds. The molecule has 1 saturated heterocycles. The van der Waals surface area contributed by atoms with E-state index in [4.69, 9.17) is 0 Å². The van der Waals surface area contributed by atoms with Gasteiger partial charge in [-0.15, -0.1) is 6.58 Å². The second-order valence-electron chi connectivity index (χ2n) is 4.13. The lowest BCUT2D eigenvalue weighted by atomic mass is 10.0. The molecule has 0 saturated carbocycles. The molecule has 4 heteroatoms. The van der Waals surface area contributed by atoms with Crippen molar-refractivity contribution in [1.82, 2.24) is 10.2 Å². The largest absolute Gasteiger partial charge is 0.314 e. The molecular weight excluding hydrogens is 283 g/mol. The number of rotatable bonds is 3. The first kappa shape index (κ1) is 12.7. The minimum Gasteiger partial charge on any atom is -0.314 e. The summed E-state index contributed by atoms with van der Waals surface area (Å²) in [4.78, 5) is 2.25. The zero-order valence-corrected chi connectivity index (χ0v) is 11.2. The summed E-state index contributed by atoms with van der Waals surface area (Å²) in [7, 11) is 0. The fraction of sp³-hybridized carbons (Fsp3) is 0.385. The number of piperazine rings is 1. The van der Waals surface area contributed by atoms with Gasteiger partial charge in [0.05, 0.1) is 6.04 Å². The monoisotopic (exact) mass is 298 g/mol. The molecule has 2 rings (SSSR count). The molecule has 0 spiro atoms. The maximum atomic E-state index is 13.9. The summed E-state index contributed by atoms with van der Waals surface area (Å²) < 4.78 is 14.7. The van der Waals surface area contributed by atoms with Crippen LogP contribution in [0, 0.1) is 5.82 Å². The number of benzene rings is 1. The van der Waals surface area contributed by atoms with Crippen LogP contribution in [-0.4, -0.2) is 31.1 Å². The summed E-state index contributed by atoms with van der Waals surface area (Å²) in [6, 6.07) is 5.17. The van der Waals surface area contributed by atoms with Crippen LogP contribution in [0.2, 0.25) is 0 Å². The summed E-state index contributed by atoms with van der Waals surface area (Å²) in [6.07, 6.45) is 1.82. The van der Waals surface area contributed by atoms with Crippen molar-refractivity contribution in [2.75, 3.05) is 26.2 Å². The molecule has 1 fully saturated rings. The molecule has 1 heterocycles. The van der Waals surface area contributed by atoms with E-state index in [2.05, 4.69) is 32.7 Å². The molecule has 1 aliphatic rings. The van der Waals surface area contributed by atoms with Crippen LogP contribution in [0.15, 0.2) is 35.3 Å². The average Bonchev–Trinajstić information content (AvgIpc) is 2.34. The summed E-state index contributed by atoms with van der Waals surface area (Å²) in [5, 5.41) is 3.29. The van der Waals surface area contributed by atoms with Crippen molar-refractivity contribution in [2.45, 2.75) is 6.04 Å². The van der Waals surface area contributed by atoms with Crippen molar-refractivity contribution < 1.29 is 4.39 Å². The number of nitrogens with zero attached hydrogens (tertiary/aromatic N) is 1. The van der Waals surface area contributed by atoms with E-state index in [0.29, 0.717) is 5.56 Å². The molecule has 0 bridgehead atoms. The average molecular weight is 299 g/mol. The summed E-state index contributed by atoms with van der Waals surface area (Å²) in [5.41, 5.74) is 0.699. The van der Waals surface area contributed by atoms with Gasteiger partial charge in [0.2, 0.25) is 0 Å². The van der Waals surface area contributed by atoms with Crippen LogP contribution in [0.5, 0.6) is 0 Å². The second-order valence-corrected chi connectivity index (χ2v) is 5.05. The molecule has 0 unspecified atom stereocenters. The minimum atomic E-state index is -0.178. The van der Waals surface area contributed by atoms with Gasteiger partial charge in [-0.25, -0.2) is 4.39 Å². The number of halogens is 2. The lowest BCUT2D eigenvalue weighted by Gasteiger charge is -2.33. The third-order valence-corrected chi connectivity index (χ3v) is 3.54. The lowest BCUT2D eigenvalue weighted by Crippen LogP contribution is -2.44. The van der Waals surface area contributed by atoms with Gasteiger partial charge < -0.3 is 5.32 Å². The molecule has 0 radical (unpaired) electrons. The smallest absolute Gasteiger partial charge is 0.129 e. The standard InChI is InChI=1S/C13H16BrFN2/c1-2-13(17-7-5-16-6-8-17)11-4-3-10(14)9-12(11)15/h2-4,9,13,16H,1,5-8H2/t13-/m1/s1. The molecule has 0 aromatic heterocycles. The maximum Gasteiger partial charge on any atom is 0.129 e. The van der Waals surface area contributed by atoms with Crippen LogP contribution in [0.4, 0.5) is 4.39 Å². The second kappa shape index (κ2) is 5.76. The highest BCUT2D eigenvalue weighted by atomic mass is 79.9. The van der Waals surface area contributed by atoms with Crippen molar-refractivity contribution in [3.63, 3.8) is 0 Å². The summed E-state index contributed by atoms with van der Waals surface area (Å²) in [6.45, 7) is 7.58. The molecule has 1 aromatic carbocycles. The van der Waals surface area contributed by atoms with E-state index in [1.54, 1.807) is 0 Å². The van der Waals surface area contributed by atoms with Crippen molar-refractivity contribution >= 4 is 15.9 Å². The molecule has 1 aromatic rings. The van der Waals surface area contributed by atoms with Gasteiger partial charge >= 0.3 is 0 Å². The van der Waals surface area contributed by atoms with E-state index in [-0.39, 0.29) is 11.9 Å². The zero-order chi connectivity index (χ0) is 12.3. The normalized spacial score (nSPS) is 18.9. The Morgan fingerprint density at radius 3 is 2.71 bits per heavy atom. The lowest BCUT2D eigenvalue weighted by molar-refractivity contribution is 0.200. The van der Waals surface area contributed by atoms with Gasteiger partial charge in [0.25, 0.3) is 0 Å². The van der Waals surface area contributed by atoms with Gasteiger partial charge in [-0.3, -0.25) is 4.90 Å². The Hall–Kier alpha value is -0.710. The molecule has 0 aliphatic carbocycles. The molecular formula is C13H16BrFN2. The third kappa shape index (κ3) is 2.94. The van der Waals surface area contributed by atoms with Crippen molar-refractivity contribution in [1.29, 1.82) is 0 Å². The van der Waals surface area contributed by atoms with Gasteiger partial charge in [-0.05, 0) is 12.1 Å². The molecule has 1 N–H and O–H groups in total. The topological polar surface area (TPSA) is 15.3 Å². The van der Waals surface area contributed by atoms with Gasteiger partial charge in [-0.1, -0.05) is 28.1 Å². The van der Waals surface area contributed by atoms with Crippen molar-refractivity contribution in [3.8, 4) is 0 Å². The van der Waals surface area contributed by atoms with Crippen LogP contribution in [0.25, 0.3) is 0 Å². The SMILES string of the molecule is C=C[C@H](c1ccc(Br)cc1F)N1CCNCC1. The van der Waals surface area contributed by atoms with E-state index in [1.807, 2.05) is 18.2 Å². The fourth-order valence-electron chi connectivity index (χ4n) is 2.17. The van der Waals surface area contributed by atoms with E-state index >= 15 is 0 Å². The number of nitrogens with one attached hydrogen (secondary N) is 1. The van der Waals surface area contributed by atoms with E-state index in [1.165, 1.54) is 6.07 Å². The van der Waals surface area contributed by atoms with E-state index in [9.17, 15) is 4.39 Å². The highest BCUT2D eigenvalue weighted by Gasteiger charge is 2.21. The minimum absolute atomic E-state index is 0.0369. The predicted octanol–water partition coefficient (Wildman–Crippen LogP) is 2.72. The molecule has 2 nitrogen and oxygen atoms in total. The first-order valence-corrected chi connectivity index (χ1v) is 6.54. The van der Waals surface area contributed by atoms with Crippen LogP contribution in [-0.2, 0) is 0 Å². The summed E-state index contributed by atoms with van der Waals surface area (Å²) in [5.74, 6) is -0.178. The maximum absolute atomic E-state index is 13.9. The highest BCUT2D eigenvalue weighted by Crippen LogP contribution is 2.26. The molecule has 17 heavy (non-hydrogen) atoms. The number of hydrogen-bond donors (Lipinski definition) is 1. The Morgan fingerprint density at radius 2 is 2.12 bits per heavy atom. The van der Waals surface area contributed by atoms with Crippen molar-refractivity contribution in [2.24, 2.45) is 0 Å². The van der Waals surface area contributed by atoms with E-state index < -0.39 is 0 Å². The molecule has 92 valence electrons. The van der Waals surface area contributed by atoms with Gasteiger partial charge in [-0.2, -0.15) is 0 Å². The summed E-state index contributed by atoms with van der Waals surface area (Å²) >= 11 is 3.27. The fourth-order valence-corrected chi connectivity index (χ4v) is 2.51. The third-order valence-electron chi connectivity index (χ3n) is 3.05. The quantitative estimate of drug-likeness (QED) is 0.863. The Morgan fingerprint density at radius 1 is 1.41 bits per heavy atom. The Labute approximate surface area is 110 Å². The molecule has 1 aliphatic heterocycles. The predicted molar refractivity (Wildman–Crippen MR) is 71.5 cm³/mol. The van der Waals surface area contributed by atoms with Crippen LogP contribution < -0.4 is 5.32 Å². The van der Waals surface area contributed by atoms with Gasteiger partial charge in [0, 0.05) is 36.2 Å². The zero-order valence-electron chi connectivity index (χ0n) is 9.63. The Bertz CT molecular complexity index is 402. The van der Waals surface area contributed by atoms with Crippen molar-refractivity contribution in [3.05, 3.63) is 46.7 Å². The van der Waals surface area contributed by atoms with Crippen LogP contribution >= 0.6 is 15.9 Å². The van der Waals surface area contributed by atoms with Gasteiger partial charge in [0.1, 0.15) is 5.82 Å². The Kier molecular flexibility index (Phi) is 4.31. The van der Waals surface area contributed by atoms with Crippen LogP contribution in [0.3, 0.4) is 0 Å². The first-order valence-electron chi connectivity index (χ1n) is 5.74. The number of hydrogen-bond acceptors (Lipinski definition) is 2. The highest BCUT2D eigenvalue weighted by molar-refractivity contribution is 9.10.